The summed E-state index contributed by atoms with van der Waals surface area (Å²) in [5.74, 6) is 0. The highest BCUT2D eigenvalue weighted by Crippen LogP contribution is 2.62. The molecular weight excluding hydrogens is 573 g/mol. The van der Waals surface area contributed by atoms with Crippen LogP contribution in [0.3, 0.4) is 0 Å². The maximum atomic E-state index is 4.02. The van der Waals surface area contributed by atoms with E-state index in [2.05, 4.69) is 164 Å². The van der Waals surface area contributed by atoms with E-state index in [1.54, 1.807) is 0 Å². The topological polar surface area (TPSA) is 0 Å². The first-order valence-electron chi connectivity index (χ1n) is 15.8. The van der Waals surface area contributed by atoms with E-state index in [1.165, 1.54) is 81.4 Å². The van der Waals surface area contributed by atoms with Crippen molar-refractivity contribution < 1.29 is 0 Å². The average Bonchev–Trinajstić information content (AvgIpc) is 3.42. The zero-order valence-electron chi connectivity index (χ0n) is 25.3. The zero-order valence-corrected chi connectivity index (χ0v) is 26.1. The quantitative estimate of drug-likeness (QED) is 0.177. The molecule has 1 heterocycles. The zero-order chi connectivity index (χ0) is 30.7. The molecule has 0 spiro atoms. The number of allylic oxidation sites excluding steroid dienone is 5. The fourth-order valence-electron chi connectivity index (χ4n) is 7.99. The van der Waals surface area contributed by atoms with Gasteiger partial charge in [0.25, 0.3) is 0 Å². The molecule has 1 atom stereocenters. The van der Waals surface area contributed by atoms with E-state index in [0.717, 1.165) is 0 Å². The van der Waals surface area contributed by atoms with Crippen LogP contribution in [0.4, 0.5) is 0 Å². The summed E-state index contributed by atoms with van der Waals surface area (Å²) in [4.78, 5) is 2.60. The van der Waals surface area contributed by atoms with Crippen molar-refractivity contribution in [1.29, 1.82) is 0 Å². The minimum absolute atomic E-state index is 0.579. The molecule has 46 heavy (non-hydrogen) atoms. The van der Waals surface area contributed by atoms with Crippen LogP contribution in [0.2, 0.25) is 0 Å². The van der Waals surface area contributed by atoms with Gasteiger partial charge in [0.1, 0.15) is 0 Å². The Labute approximate surface area is 274 Å². The SMILES string of the molecule is C=C/C=C\C=C(/c1cccc2c1-c1cccc3cccc(c13)S2)C1(c2ccccc2)c2ccccc2-c2ccc3ccccc3c21. The van der Waals surface area contributed by atoms with Crippen LogP contribution >= 0.6 is 11.8 Å². The third-order valence-electron chi connectivity index (χ3n) is 9.72. The standard InChI is InChI=1S/C45H30S/c1-2-3-5-24-39(36-22-14-27-41-43(36)37-23-12-16-31-17-13-26-40(46-41)42(31)37)45(32-18-6-4-7-19-32)38-25-11-10-21-34(38)35-29-28-30-15-8-9-20-33(30)44(35)45/h2-29H,1H2/b5-3-,39-24+. The van der Waals surface area contributed by atoms with Gasteiger partial charge in [-0.2, -0.15) is 0 Å². The van der Waals surface area contributed by atoms with Gasteiger partial charge in [0.2, 0.25) is 0 Å². The van der Waals surface area contributed by atoms with Gasteiger partial charge in [-0.15, -0.1) is 0 Å². The number of fused-ring (bicyclic) bond motifs is 7. The molecule has 1 aliphatic heterocycles. The van der Waals surface area contributed by atoms with Crippen LogP contribution in [0.15, 0.2) is 186 Å². The molecular formula is C45H30S. The molecule has 0 nitrogen and oxygen atoms in total. The van der Waals surface area contributed by atoms with E-state index >= 15 is 0 Å². The van der Waals surface area contributed by atoms with Crippen molar-refractivity contribution in [2.24, 2.45) is 0 Å². The van der Waals surface area contributed by atoms with Gasteiger partial charge in [-0.3, -0.25) is 0 Å². The maximum absolute atomic E-state index is 4.02. The molecule has 7 aromatic rings. The lowest BCUT2D eigenvalue weighted by Crippen LogP contribution is -2.29. The number of hydrogen-bond acceptors (Lipinski definition) is 1. The van der Waals surface area contributed by atoms with Gasteiger partial charge in [0, 0.05) is 20.7 Å². The average molecular weight is 603 g/mol. The molecule has 0 amide bonds. The summed E-state index contributed by atoms with van der Waals surface area (Å²) in [5, 5.41) is 5.15. The Bertz CT molecular complexity index is 2400. The number of rotatable bonds is 5. The molecule has 9 rings (SSSR count). The van der Waals surface area contributed by atoms with Crippen molar-refractivity contribution in [3.05, 3.63) is 199 Å². The first-order chi connectivity index (χ1) is 22.8. The summed E-state index contributed by atoms with van der Waals surface area (Å²) in [6, 6.07) is 54.0. The van der Waals surface area contributed by atoms with Gasteiger partial charge in [-0.25, -0.2) is 0 Å². The van der Waals surface area contributed by atoms with E-state index in [-0.39, 0.29) is 0 Å². The van der Waals surface area contributed by atoms with Crippen molar-refractivity contribution in [2.75, 3.05) is 0 Å². The Morgan fingerprint density at radius 1 is 0.565 bits per heavy atom. The highest BCUT2D eigenvalue weighted by molar-refractivity contribution is 7.99. The Balaban J connectivity index is 1.48. The summed E-state index contributed by atoms with van der Waals surface area (Å²) >= 11 is 1.88. The molecule has 0 radical (unpaired) electrons. The Morgan fingerprint density at radius 3 is 2.17 bits per heavy atom. The highest BCUT2D eigenvalue weighted by atomic mass is 32.2. The van der Waals surface area contributed by atoms with Gasteiger partial charge in [0.05, 0.1) is 5.41 Å². The van der Waals surface area contributed by atoms with Gasteiger partial charge < -0.3 is 0 Å². The van der Waals surface area contributed by atoms with Crippen molar-refractivity contribution >= 4 is 38.9 Å². The van der Waals surface area contributed by atoms with Gasteiger partial charge in [-0.05, 0) is 72.8 Å². The lowest BCUT2D eigenvalue weighted by Gasteiger charge is -2.38. The molecule has 0 N–H and O–H groups in total. The lowest BCUT2D eigenvalue weighted by molar-refractivity contribution is 0.835. The largest absolute Gasteiger partial charge is 0.0991 e. The normalized spacial score (nSPS) is 16.4. The van der Waals surface area contributed by atoms with E-state index < -0.39 is 5.41 Å². The van der Waals surface area contributed by atoms with Crippen LogP contribution in [-0.2, 0) is 5.41 Å². The Hall–Kier alpha value is -5.37. The smallest absolute Gasteiger partial charge is 0.0725 e. The van der Waals surface area contributed by atoms with Crippen LogP contribution in [0.1, 0.15) is 22.3 Å². The highest BCUT2D eigenvalue weighted by Gasteiger charge is 2.49. The molecule has 1 unspecified atom stereocenters. The molecule has 216 valence electrons. The van der Waals surface area contributed by atoms with Gasteiger partial charge in [0.15, 0.2) is 0 Å². The molecule has 1 heteroatoms. The molecule has 0 bridgehead atoms. The van der Waals surface area contributed by atoms with Crippen molar-refractivity contribution in [3.8, 4) is 22.3 Å². The minimum atomic E-state index is -0.579. The Morgan fingerprint density at radius 2 is 1.28 bits per heavy atom. The van der Waals surface area contributed by atoms with Crippen molar-refractivity contribution in [2.45, 2.75) is 15.2 Å². The minimum Gasteiger partial charge on any atom is -0.0991 e. The molecule has 0 saturated heterocycles. The molecule has 7 aromatic carbocycles. The van der Waals surface area contributed by atoms with E-state index in [0.29, 0.717) is 0 Å². The second-order valence-corrected chi connectivity index (χ2v) is 13.1. The third-order valence-corrected chi connectivity index (χ3v) is 10.8. The molecule has 0 aromatic heterocycles. The summed E-state index contributed by atoms with van der Waals surface area (Å²) < 4.78 is 0. The number of hydrogen-bond donors (Lipinski definition) is 0. The van der Waals surface area contributed by atoms with Crippen LogP contribution in [0, 0.1) is 0 Å². The Kier molecular flexibility index (Phi) is 6.23. The van der Waals surface area contributed by atoms with Crippen molar-refractivity contribution in [1.82, 2.24) is 0 Å². The predicted molar refractivity (Wildman–Crippen MR) is 197 cm³/mol. The summed E-state index contributed by atoms with van der Waals surface area (Å²) in [7, 11) is 0. The monoisotopic (exact) mass is 602 g/mol. The summed E-state index contributed by atoms with van der Waals surface area (Å²) in [6.45, 7) is 4.02. The second kappa shape index (κ2) is 10.6. The predicted octanol–water partition coefficient (Wildman–Crippen LogP) is 12.3. The van der Waals surface area contributed by atoms with E-state index in [1.807, 2.05) is 23.9 Å². The number of benzene rings is 7. The van der Waals surface area contributed by atoms with Crippen LogP contribution in [0.5, 0.6) is 0 Å². The third kappa shape index (κ3) is 3.76. The molecule has 2 aliphatic rings. The van der Waals surface area contributed by atoms with Crippen LogP contribution < -0.4 is 0 Å². The van der Waals surface area contributed by atoms with Crippen LogP contribution in [0.25, 0.3) is 49.4 Å². The molecule has 1 aliphatic carbocycles. The fourth-order valence-corrected chi connectivity index (χ4v) is 9.17. The summed E-state index contributed by atoms with van der Waals surface area (Å²) in [6.07, 6.45) is 8.43. The molecule has 0 fully saturated rings. The molecule has 0 saturated carbocycles. The first kappa shape index (κ1) is 27.0. The fraction of sp³-hybridized carbons (Fsp3) is 0.0222. The lowest BCUT2D eigenvalue weighted by atomic mass is 9.63. The van der Waals surface area contributed by atoms with Gasteiger partial charge in [-0.1, -0.05) is 176 Å². The van der Waals surface area contributed by atoms with E-state index in [4.69, 9.17) is 0 Å². The van der Waals surface area contributed by atoms with Gasteiger partial charge >= 0.3 is 0 Å². The van der Waals surface area contributed by atoms with Crippen LogP contribution in [-0.4, -0.2) is 0 Å². The first-order valence-corrected chi connectivity index (χ1v) is 16.6. The summed E-state index contributed by atoms with van der Waals surface area (Å²) in [5.41, 5.74) is 11.0. The maximum Gasteiger partial charge on any atom is 0.0725 e. The van der Waals surface area contributed by atoms with E-state index in [9.17, 15) is 0 Å². The van der Waals surface area contributed by atoms with Crippen molar-refractivity contribution in [3.63, 3.8) is 0 Å². The second-order valence-electron chi connectivity index (χ2n) is 12.0.